The minimum Gasteiger partial charge on any atom is -0.478 e. The highest BCUT2D eigenvalue weighted by atomic mass is 32.1. The fourth-order valence-electron chi connectivity index (χ4n) is 2.41. The molecule has 5 nitrogen and oxygen atoms in total. The number of anilines is 1. The zero-order chi connectivity index (χ0) is 15.7. The van der Waals surface area contributed by atoms with E-state index in [1.807, 2.05) is 32.9 Å². The van der Waals surface area contributed by atoms with E-state index in [0.717, 1.165) is 28.2 Å². The topological polar surface area (TPSA) is 79.3 Å². The van der Waals surface area contributed by atoms with Crippen LogP contribution in [-0.4, -0.2) is 21.4 Å². The number of carbonyl (C=O) groups is 2. The lowest BCUT2D eigenvalue weighted by molar-refractivity contribution is 0.0697. The molecule has 6 heteroatoms. The Morgan fingerprint density at radius 3 is 2.19 bits per heavy atom. The molecule has 0 aliphatic carbocycles. The van der Waals surface area contributed by atoms with Gasteiger partial charge in [0.15, 0.2) is 0 Å². The molecule has 0 aliphatic rings. The molecule has 21 heavy (non-hydrogen) atoms. The van der Waals surface area contributed by atoms with Gasteiger partial charge in [0.25, 0.3) is 5.91 Å². The van der Waals surface area contributed by atoms with Crippen molar-refractivity contribution in [3.8, 4) is 0 Å². The molecule has 2 N–H and O–H groups in total. The molecule has 0 spiro atoms. The van der Waals surface area contributed by atoms with Crippen LogP contribution in [0.3, 0.4) is 0 Å². The normalized spacial score (nSPS) is 10.5. The number of carboxylic acids is 1. The third-order valence-electron chi connectivity index (χ3n) is 3.21. The summed E-state index contributed by atoms with van der Waals surface area (Å²) in [5.74, 6) is -1.40. The van der Waals surface area contributed by atoms with Crippen LogP contribution in [-0.2, 0) is 0 Å². The SMILES string of the molecule is Cc1cc(C)c(C(=O)Nc2snc(C)c2C(=O)O)c(C)c1. The molecule has 1 heterocycles. The first kappa shape index (κ1) is 15.2. The average Bonchev–Trinajstić information content (AvgIpc) is 2.68. The predicted molar refractivity (Wildman–Crippen MR) is 82.4 cm³/mol. The van der Waals surface area contributed by atoms with Crippen molar-refractivity contribution < 1.29 is 14.7 Å². The van der Waals surface area contributed by atoms with Crippen molar-refractivity contribution in [3.63, 3.8) is 0 Å². The Balaban J connectivity index is 2.38. The Morgan fingerprint density at radius 2 is 1.67 bits per heavy atom. The molecule has 0 atom stereocenters. The lowest BCUT2D eigenvalue weighted by atomic mass is 9.99. The van der Waals surface area contributed by atoms with Crippen molar-refractivity contribution in [3.05, 3.63) is 45.6 Å². The zero-order valence-corrected chi connectivity index (χ0v) is 13.1. The molecule has 0 fully saturated rings. The maximum absolute atomic E-state index is 12.4. The summed E-state index contributed by atoms with van der Waals surface area (Å²) in [6.45, 7) is 7.31. The Hall–Kier alpha value is -2.21. The van der Waals surface area contributed by atoms with Gasteiger partial charge in [-0.25, -0.2) is 4.79 Å². The summed E-state index contributed by atoms with van der Waals surface area (Å²) >= 11 is 0.980. The van der Waals surface area contributed by atoms with Gasteiger partial charge < -0.3 is 10.4 Å². The lowest BCUT2D eigenvalue weighted by Crippen LogP contribution is -2.16. The van der Waals surface area contributed by atoms with Crippen molar-refractivity contribution in [2.45, 2.75) is 27.7 Å². The van der Waals surface area contributed by atoms with Crippen LogP contribution in [0.25, 0.3) is 0 Å². The van der Waals surface area contributed by atoms with E-state index < -0.39 is 5.97 Å². The number of hydrogen-bond donors (Lipinski definition) is 2. The molecule has 0 aliphatic heterocycles. The second kappa shape index (κ2) is 5.65. The molecular formula is C15H16N2O3S. The van der Waals surface area contributed by atoms with Crippen molar-refractivity contribution in [1.82, 2.24) is 4.37 Å². The molecule has 0 bridgehead atoms. The first-order valence-electron chi connectivity index (χ1n) is 6.40. The summed E-state index contributed by atoms with van der Waals surface area (Å²) in [6.07, 6.45) is 0. The van der Waals surface area contributed by atoms with E-state index in [9.17, 15) is 14.7 Å². The van der Waals surface area contributed by atoms with Gasteiger partial charge in [0.1, 0.15) is 10.6 Å². The number of aromatic nitrogens is 1. The third-order valence-corrected chi connectivity index (χ3v) is 4.06. The van der Waals surface area contributed by atoms with Gasteiger partial charge in [0, 0.05) is 5.56 Å². The summed E-state index contributed by atoms with van der Waals surface area (Å²) in [7, 11) is 0. The van der Waals surface area contributed by atoms with Crippen LogP contribution in [0, 0.1) is 27.7 Å². The van der Waals surface area contributed by atoms with Crippen LogP contribution in [0.4, 0.5) is 5.00 Å². The predicted octanol–water partition coefficient (Wildman–Crippen LogP) is 3.33. The van der Waals surface area contributed by atoms with Crippen molar-refractivity contribution >= 4 is 28.4 Å². The minimum atomic E-state index is -1.09. The number of hydrogen-bond acceptors (Lipinski definition) is 4. The maximum atomic E-state index is 12.4. The van der Waals surface area contributed by atoms with E-state index in [4.69, 9.17) is 0 Å². The molecule has 1 aromatic heterocycles. The van der Waals surface area contributed by atoms with Crippen LogP contribution in [0.15, 0.2) is 12.1 Å². The first-order valence-corrected chi connectivity index (χ1v) is 7.17. The summed E-state index contributed by atoms with van der Waals surface area (Å²) in [4.78, 5) is 23.6. The molecule has 1 amide bonds. The standard InChI is InChI=1S/C15H16N2O3S/c1-7-5-8(2)11(9(3)6-7)13(18)16-14-12(15(19)20)10(4)17-21-14/h5-6H,1-4H3,(H,16,18)(H,19,20). The highest BCUT2D eigenvalue weighted by Crippen LogP contribution is 2.26. The van der Waals surface area contributed by atoms with Gasteiger partial charge in [-0.2, -0.15) is 4.37 Å². The van der Waals surface area contributed by atoms with E-state index in [1.165, 1.54) is 0 Å². The van der Waals surface area contributed by atoms with Gasteiger partial charge in [-0.1, -0.05) is 17.7 Å². The molecule has 2 rings (SSSR count). The maximum Gasteiger partial charge on any atom is 0.340 e. The Bertz CT molecular complexity index is 712. The smallest absolute Gasteiger partial charge is 0.340 e. The fourth-order valence-corrected chi connectivity index (χ4v) is 3.19. The summed E-state index contributed by atoms with van der Waals surface area (Å²) in [5.41, 5.74) is 3.84. The number of amides is 1. The van der Waals surface area contributed by atoms with Crippen LogP contribution >= 0.6 is 11.5 Å². The second-order valence-electron chi connectivity index (χ2n) is 5.01. The molecule has 110 valence electrons. The van der Waals surface area contributed by atoms with E-state index >= 15 is 0 Å². The number of aromatic carboxylic acids is 1. The number of carboxylic acid groups (broad SMARTS) is 1. The van der Waals surface area contributed by atoms with Crippen molar-refractivity contribution in [2.75, 3.05) is 5.32 Å². The monoisotopic (exact) mass is 304 g/mol. The third kappa shape index (κ3) is 2.95. The van der Waals surface area contributed by atoms with E-state index in [2.05, 4.69) is 9.69 Å². The molecular weight excluding hydrogens is 288 g/mol. The van der Waals surface area contributed by atoms with Crippen molar-refractivity contribution in [2.24, 2.45) is 0 Å². The van der Waals surface area contributed by atoms with Gasteiger partial charge in [-0.05, 0) is 50.4 Å². The van der Waals surface area contributed by atoms with Crippen LogP contribution in [0.2, 0.25) is 0 Å². The van der Waals surface area contributed by atoms with Gasteiger partial charge in [-0.15, -0.1) is 0 Å². The zero-order valence-electron chi connectivity index (χ0n) is 12.3. The Kier molecular flexibility index (Phi) is 4.09. The van der Waals surface area contributed by atoms with E-state index in [-0.39, 0.29) is 16.5 Å². The lowest BCUT2D eigenvalue weighted by Gasteiger charge is -2.11. The summed E-state index contributed by atoms with van der Waals surface area (Å²) in [5, 5.41) is 12.1. The molecule has 0 radical (unpaired) electrons. The van der Waals surface area contributed by atoms with Crippen LogP contribution in [0.1, 0.15) is 43.1 Å². The highest BCUT2D eigenvalue weighted by molar-refractivity contribution is 7.11. The van der Waals surface area contributed by atoms with Crippen molar-refractivity contribution in [1.29, 1.82) is 0 Å². The Morgan fingerprint density at radius 1 is 1.10 bits per heavy atom. The molecule has 2 aromatic rings. The van der Waals surface area contributed by atoms with E-state index in [0.29, 0.717) is 11.3 Å². The van der Waals surface area contributed by atoms with Gasteiger partial charge in [0.05, 0.1) is 5.69 Å². The van der Waals surface area contributed by atoms with Gasteiger partial charge in [-0.3, -0.25) is 4.79 Å². The number of benzene rings is 1. The number of nitrogens with zero attached hydrogens (tertiary/aromatic N) is 1. The summed E-state index contributed by atoms with van der Waals surface area (Å²) < 4.78 is 3.99. The first-order chi connectivity index (χ1) is 9.81. The average molecular weight is 304 g/mol. The number of rotatable bonds is 3. The molecule has 0 saturated carbocycles. The number of carbonyl (C=O) groups excluding carboxylic acids is 1. The largest absolute Gasteiger partial charge is 0.478 e. The molecule has 1 aromatic carbocycles. The fraction of sp³-hybridized carbons (Fsp3) is 0.267. The van der Waals surface area contributed by atoms with Gasteiger partial charge >= 0.3 is 5.97 Å². The number of aryl methyl sites for hydroxylation is 4. The summed E-state index contributed by atoms with van der Waals surface area (Å²) in [6, 6.07) is 3.86. The highest BCUT2D eigenvalue weighted by Gasteiger charge is 2.21. The van der Waals surface area contributed by atoms with E-state index in [1.54, 1.807) is 6.92 Å². The second-order valence-corrected chi connectivity index (χ2v) is 5.78. The van der Waals surface area contributed by atoms with Gasteiger partial charge in [0.2, 0.25) is 0 Å². The molecule has 0 unspecified atom stereocenters. The number of nitrogens with one attached hydrogen (secondary N) is 1. The quantitative estimate of drug-likeness (QED) is 0.911. The van der Waals surface area contributed by atoms with Crippen LogP contribution < -0.4 is 5.32 Å². The van der Waals surface area contributed by atoms with Crippen LogP contribution in [0.5, 0.6) is 0 Å². The minimum absolute atomic E-state index is 0.0516. The molecule has 0 saturated heterocycles. The Labute approximate surface area is 126 Å².